The molecule has 0 aliphatic carbocycles. The van der Waals surface area contributed by atoms with E-state index in [1.54, 1.807) is 22.8 Å². The summed E-state index contributed by atoms with van der Waals surface area (Å²) in [6.07, 6.45) is 1.07. The molecule has 15 nitrogen and oxygen atoms in total. The zero-order valence-corrected chi connectivity index (χ0v) is 37.4. The summed E-state index contributed by atoms with van der Waals surface area (Å²) in [4.78, 5) is 60.3. The number of benzene rings is 2. The number of thiophene rings is 1. The summed E-state index contributed by atoms with van der Waals surface area (Å²) in [6.45, 7) is 12.5. The number of ether oxygens (including phenoxy) is 1. The maximum absolute atomic E-state index is 12.3. The number of aliphatic carboxylic acids is 1. The Balaban J connectivity index is 0.000000228. The van der Waals surface area contributed by atoms with Crippen LogP contribution >= 0.6 is 45.9 Å². The Labute approximate surface area is 371 Å². The van der Waals surface area contributed by atoms with Crippen LogP contribution in [0.15, 0.2) is 52.8 Å². The van der Waals surface area contributed by atoms with Crippen molar-refractivity contribution in [3.05, 3.63) is 96.8 Å². The number of carboxylic acids is 1. The third-order valence-electron chi connectivity index (χ3n) is 10.0. The van der Waals surface area contributed by atoms with Crippen molar-refractivity contribution >= 4 is 75.3 Å². The monoisotopic (exact) mass is 907 g/mol. The lowest BCUT2D eigenvalue weighted by Crippen LogP contribution is -2.49. The number of aliphatic imine (C=N–C) groups is 1. The fraction of sp³-hybridized carbons (Fsp3) is 0.381. The van der Waals surface area contributed by atoms with Crippen LogP contribution in [0.4, 0.5) is 0 Å². The standard InChI is InChI=1S/C25H32ClN5O6S.C17H15ClN4S/c1-17(32)27-6-2-3-23(34)31-9-7-30(8-10-31)11-12-37-19-4-5-20(21(26)14-19)25-29-18(16-38-25)13-22(33)28-15-24(35)36;1-9-10(2)23-17-15(9)16(12-4-6-13(18)7-5-12)19-8-14-21-20-11(3)22(14)17/h4-5,14,16H,2-3,6-13,15H2,1H3,(H,27,32)(H,28,33)(H,35,36);4-7H,8H2,1-3H3. The number of thiazole rings is 1. The average Bonchev–Trinajstić information content (AvgIpc) is 3.89. The first-order valence-electron chi connectivity index (χ1n) is 19.7. The first-order chi connectivity index (χ1) is 29.3. The molecule has 61 heavy (non-hydrogen) atoms. The van der Waals surface area contributed by atoms with Crippen LogP contribution < -0.4 is 15.4 Å². The predicted octanol–water partition coefficient (Wildman–Crippen LogP) is 5.90. The van der Waals surface area contributed by atoms with Crippen molar-refractivity contribution in [1.29, 1.82) is 0 Å². The van der Waals surface area contributed by atoms with E-state index in [0.717, 1.165) is 58.1 Å². The number of piperazine rings is 1. The minimum atomic E-state index is -1.10. The van der Waals surface area contributed by atoms with Crippen molar-refractivity contribution in [3.63, 3.8) is 0 Å². The van der Waals surface area contributed by atoms with E-state index < -0.39 is 18.4 Å². The Morgan fingerprint density at radius 1 is 0.967 bits per heavy atom. The highest BCUT2D eigenvalue weighted by molar-refractivity contribution is 7.15. The molecule has 5 heterocycles. The molecule has 3 aromatic heterocycles. The lowest BCUT2D eigenvalue weighted by Gasteiger charge is -2.34. The minimum absolute atomic E-state index is 0.0103. The first kappa shape index (κ1) is 45.3. The van der Waals surface area contributed by atoms with E-state index in [0.29, 0.717) is 67.1 Å². The highest BCUT2D eigenvalue weighted by atomic mass is 35.5. The summed E-state index contributed by atoms with van der Waals surface area (Å²) < 4.78 is 8.02. The largest absolute Gasteiger partial charge is 0.492 e. The summed E-state index contributed by atoms with van der Waals surface area (Å²) in [5.41, 5.74) is 5.78. The van der Waals surface area contributed by atoms with Crippen LogP contribution in [-0.2, 0) is 32.1 Å². The fourth-order valence-corrected chi connectivity index (χ4v) is 9.26. The number of rotatable bonds is 14. The quantitative estimate of drug-likeness (QED) is 0.113. The van der Waals surface area contributed by atoms with E-state index >= 15 is 0 Å². The Morgan fingerprint density at radius 3 is 2.43 bits per heavy atom. The number of carbonyl (C=O) groups excluding carboxylic acids is 3. The molecule has 0 radical (unpaired) electrons. The molecule has 0 saturated carbocycles. The number of nitrogens with zero attached hydrogens (tertiary/aromatic N) is 7. The van der Waals surface area contributed by atoms with Gasteiger partial charge in [-0.2, -0.15) is 0 Å². The van der Waals surface area contributed by atoms with Gasteiger partial charge in [-0.25, -0.2) is 4.98 Å². The second-order valence-corrected chi connectivity index (χ2v) is 17.3. The zero-order valence-electron chi connectivity index (χ0n) is 34.3. The van der Waals surface area contributed by atoms with Gasteiger partial charge in [-0.3, -0.25) is 33.6 Å². The molecule has 2 aliphatic rings. The van der Waals surface area contributed by atoms with Gasteiger partial charge in [0.1, 0.15) is 41.3 Å². The molecule has 3 N–H and O–H groups in total. The number of hydrogen-bond acceptors (Lipinski definition) is 12. The number of nitrogens with one attached hydrogen (secondary N) is 2. The minimum Gasteiger partial charge on any atom is -0.492 e. The molecule has 0 bridgehead atoms. The molecule has 7 rings (SSSR count). The van der Waals surface area contributed by atoms with Crippen LogP contribution in [0, 0.1) is 20.8 Å². The summed E-state index contributed by atoms with van der Waals surface area (Å²) in [6, 6.07) is 13.2. The zero-order chi connectivity index (χ0) is 43.6. The van der Waals surface area contributed by atoms with E-state index in [9.17, 15) is 19.2 Å². The number of fused-ring (bicyclic) bond motifs is 3. The summed E-state index contributed by atoms with van der Waals surface area (Å²) in [5.74, 6) is 0.939. The second-order valence-electron chi connectivity index (χ2n) is 14.4. The van der Waals surface area contributed by atoms with E-state index in [1.165, 1.54) is 34.3 Å². The van der Waals surface area contributed by atoms with Gasteiger partial charge in [0.2, 0.25) is 17.7 Å². The molecule has 2 aliphatic heterocycles. The summed E-state index contributed by atoms with van der Waals surface area (Å²) in [5, 5.41) is 26.9. The van der Waals surface area contributed by atoms with E-state index in [2.05, 4.69) is 49.1 Å². The number of aryl methyl sites for hydroxylation is 2. The number of carbonyl (C=O) groups is 4. The van der Waals surface area contributed by atoms with Crippen LogP contribution in [0.25, 0.3) is 15.6 Å². The van der Waals surface area contributed by atoms with Gasteiger partial charge in [0.15, 0.2) is 5.82 Å². The predicted molar refractivity (Wildman–Crippen MR) is 238 cm³/mol. The van der Waals surface area contributed by atoms with Crippen molar-refractivity contribution in [3.8, 4) is 21.3 Å². The van der Waals surface area contributed by atoms with Crippen LogP contribution in [0.3, 0.4) is 0 Å². The molecule has 5 aromatic rings. The van der Waals surface area contributed by atoms with Gasteiger partial charge in [-0.05, 0) is 63.1 Å². The van der Waals surface area contributed by atoms with E-state index in [4.69, 9.17) is 38.0 Å². The second kappa shape index (κ2) is 21.1. The fourth-order valence-electron chi connectivity index (χ4n) is 6.74. The molecular formula is C42H47Cl2N9O6S2. The Kier molecular flexibility index (Phi) is 15.6. The Morgan fingerprint density at radius 2 is 1.72 bits per heavy atom. The van der Waals surface area contributed by atoms with Gasteiger partial charge < -0.3 is 25.4 Å². The first-order valence-corrected chi connectivity index (χ1v) is 22.1. The SMILES string of the molecule is CC(=O)NCCCC(=O)N1CCN(CCOc2ccc(-c3nc(CC(=O)NCC(=O)O)cs3)c(Cl)c2)CC1.Cc1sc2c(c1C)C(c1ccc(Cl)cc1)=NCc1nnc(C)n1-2. The summed E-state index contributed by atoms with van der Waals surface area (Å²) >= 11 is 15.6. The molecule has 322 valence electrons. The van der Waals surface area contributed by atoms with E-state index in [1.807, 2.05) is 48.2 Å². The molecule has 1 fully saturated rings. The van der Waals surface area contributed by atoms with Crippen LogP contribution in [-0.4, -0.2) is 116 Å². The van der Waals surface area contributed by atoms with Crippen molar-refractivity contribution in [2.45, 2.75) is 53.5 Å². The number of amides is 3. The topological polar surface area (TPSA) is 184 Å². The number of carboxylic acid groups (broad SMARTS) is 1. The number of hydrogen-bond donors (Lipinski definition) is 3. The molecule has 0 spiro atoms. The van der Waals surface area contributed by atoms with Crippen molar-refractivity contribution in [1.82, 2.24) is 40.2 Å². The van der Waals surface area contributed by atoms with Crippen molar-refractivity contribution in [2.24, 2.45) is 4.99 Å². The molecule has 1 saturated heterocycles. The molecular weight excluding hydrogens is 862 g/mol. The highest BCUT2D eigenvalue weighted by Gasteiger charge is 2.26. The van der Waals surface area contributed by atoms with Crippen molar-refractivity contribution < 1.29 is 29.0 Å². The average molecular weight is 909 g/mol. The van der Waals surface area contributed by atoms with Crippen LogP contribution in [0.1, 0.15) is 58.7 Å². The van der Waals surface area contributed by atoms with E-state index in [-0.39, 0.29) is 18.2 Å². The smallest absolute Gasteiger partial charge is 0.322 e. The van der Waals surface area contributed by atoms with Gasteiger partial charge in [-0.15, -0.1) is 32.9 Å². The maximum Gasteiger partial charge on any atom is 0.322 e. The number of halogens is 2. The molecule has 0 unspecified atom stereocenters. The lowest BCUT2D eigenvalue weighted by molar-refractivity contribution is -0.137. The molecule has 0 atom stereocenters. The molecule has 3 amide bonds. The Bertz CT molecular complexity index is 2410. The van der Waals surface area contributed by atoms with Gasteiger partial charge in [-0.1, -0.05) is 35.3 Å². The normalized spacial score (nSPS) is 13.5. The van der Waals surface area contributed by atoms with Crippen LogP contribution in [0.2, 0.25) is 10.0 Å². The maximum atomic E-state index is 12.3. The van der Waals surface area contributed by atoms with Gasteiger partial charge in [0.05, 0.1) is 22.8 Å². The number of aromatic nitrogens is 4. The van der Waals surface area contributed by atoms with Crippen LogP contribution in [0.5, 0.6) is 5.75 Å². The lowest BCUT2D eigenvalue weighted by atomic mass is 10.00. The third-order valence-corrected chi connectivity index (χ3v) is 12.7. The summed E-state index contributed by atoms with van der Waals surface area (Å²) in [7, 11) is 0. The van der Waals surface area contributed by atoms with Gasteiger partial charge >= 0.3 is 5.97 Å². The van der Waals surface area contributed by atoms with Gasteiger partial charge in [0, 0.05) is 84.6 Å². The molecule has 19 heteroatoms. The Hall–Kier alpha value is -5.20. The van der Waals surface area contributed by atoms with Gasteiger partial charge in [0.25, 0.3) is 0 Å². The third kappa shape index (κ3) is 12.0. The molecule has 2 aromatic carbocycles. The van der Waals surface area contributed by atoms with Crippen molar-refractivity contribution in [2.75, 3.05) is 52.4 Å². The highest BCUT2D eigenvalue weighted by Crippen LogP contribution is 2.37.